The van der Waals surface area contributed by atoms with E-state index in [0.717, 1.165) is 5.75 Å². The number of thioether (sulfide) groups is 1. The van der Waals surface area contributed by atoms with Crippen molar-refractivity contribution in [1.29, 1.82) is 0 Å². The van der Waals surface area contributed by atoms with Crippen molar-refractivity contribution >= 4 is 17.7 Å². The molecule has 0 aromatic heterocycles. The summed E-state index contributed by atoms with van der Waals surface area (Å²) >= 11 is 1.84. The SMILES string of the molecule is CCOC(=O)CC(C)SCC(C)C. The lowest BCUT2D eigenvalue weighted by atomic mass is 10.3. The predicted octanol–water partition coefficient (Wildman–Crippen LogP) is 2.72. The second-order valence-electron chi connectivity index (χ2n) is 3.55. The van der Waals surface area contributed by atoms with Crippen LogP contribution in [0.2, 0.25) is 0 Å². The smallest absolute Gasteiger partial charge is 0.306 e. The molecule has 0 aromatic rings. The second kappa shape index (κ2) is 7.25. The van der Waals surface area contributed by atoms with Crippen LogP contribution < -0.4 is 0 Å². The Morgan fingerprint density at radius 2 is 2.00 bits per heavy atom. The van der Waals surface area contributed by atoms with Gasteiger partial charge in [-0.05, 0) is 18.6 Å². The second-order valence-corrected chi connectivity index (χ2v) is 5.02. The highest BCUT2D eigenvalue weighted by molar-refractivity contribution is 7.99. The van der Waals surface area contributed by atoms with Crippen molar-refractivity contribution in [3.63, 3.8) is 0 Å². The first kappa shape index (κ1) is 12.8. The summed E-state index contributed by atoms with van der Waals surface area (Å²) in [7, 11) is 0. The van der Waals surface area contributed by atoms with Gasteiger partial charge >= 0.3 is 5.97 Å². The quantitative estimate of drug-likeness (QED) is 0.622. The first-order valence-electron chi connectivity index (χ1n) is 4.83. The molecule has 3 heteroatoms. The number of carbonyl (C=O) groups excluding carboxylic acids is 1. The van der Waals surface area contributed by atoms with Gasteiger partial charge in [0.15, 0.2) is 0 Å². The van der Waals surface area contributed by atoms with Gasteiger partial charge in [0.25, 0.3) is 0 Å². The van der Waals surface area contributed by atoms with E-state index in [2.05, 4.69) is 20.8 Å². The van der Waals surface area contributed by atoms with Crippen molar-refractivity contribution in [2.24, 2.45) is 5.92 Å². The summed E-state index contributed by atoms with van der Waals surface area (Å²) in [5.74, 6) is 1.72. The molecule has 0 aromatic carbocycles. The van der Waals surface area contributed by atoms with E-state index in [-0.39, 0.29) is 5.97 Å². The van der Waals surface area contributed by atoms with Gasteiger partial charge in [0.2, 0.25) is 0 Å². The summed E-state index contributed by atoms with van der Waals surface area (Å²) in [6, 6.07) is 0. The van der Waals surface area contributed by atoms with Crippen LogP contribution in [0, 0.1) is 5.92 Å². The molecule has 0 aliphatic carbocycles. The Morgan fingerprint density at radius 3 is 2.46 bits per heavy atom. The topological polar surface area (TPSA) is 26.3 Å². The molecule has 0 radical (unpaired) electrons. The molecule has 0 aliphatic rings. The largest absolute Gasteiger partial charge is 0.466 e. The number of hydrogen-bond acceptors (Lipinski definition) is 3. The Hall–Kier alpha value is -0.180. The van der Waals surface area contributed by atoms with Crippen LogP contribution in [0.15, 0.2) is 0 Å². The van der Waals surface area contributed by atoms with Crippen molar-refractivity contribution in [1.82, 2.24) is 0 Å². The molecule has 0 N–H and O–H groups in total. The summed E-state index contributed by atoms with van der Waals surface area (Å²) in [6.07, 6.45) is 0.533. The van der Waals surface area contributed by atoms with Crippen LogP contribution in [-0.2, 0) is 9.53 Å². The maximum absolute atomic E-state index is 11.1. The van der Waals surface area contributed by atoms with Crippen LogP contribution in [0.5, 0.6) is 0 Å². The minimum Gasteiger partial charge on any atom is -0.466 e. The Labute approximate surface area is 85.4 Å². The van der Waals surface area contributed by atoms with E-state index in [4.69, 9.17) is 4.74 Å². The molecule has 2 nitrogen and oxygen atoms in total. The summed E-state index contributed by atoms with van der Waals surface area (Å²) in [5.41, 5.74) is 0. The van der Waals surface area contributed by atoms with Crippen LogP contribution in [0.4, 0.5) is 0 Å². The minimum atomic E-state index is -0.0775. The summed E-state index contributed by atoms with van der Waals surface area (Å²) in [5, 5.41) is 0.376. The van der Waals surface area contributed by atoms with E-state index >= 15 is 0 Å². The number of carbonyl (C=O) groups is 1. The maximum atomic E-state index is 11.1. The molecule has 0 saturated heterocycles. The van der Waals surface area contributed by atoms with E-state index in [0.29, 0.717) is 24.2 Å². The van der Waals surface area contributed by atoms with E-state index in [1.807, 2.05) is 18.7 Å². The van der Waals surface area contributed by atoms with Gasteiger partial charge in [-0.25, -0.2) is 0 Å². The molecule has 0 spiro atoms. The molecule has 1 unspecified atom stereocenters. The lowest BCUT2D eigenvalue weighted by Gasteiger charge is -2.11. The Balaban J connectivity index is 3.49. The van der Waals surface area contributed by atoms with E-state index in [1.54, 1.807) is 0 Å². The minimum absolute atomic E-state index is 0.0775. The van der Waals surface area contributed by atoms with Crippen molar-refractivity contribution in [2.75, 3.05) is 12.4 Å². The average Bonchev–Trinajstić information content (AvgIpc) is 2.01. The summed E-state index contributed by atoms with van der Waals surface area (Å²) in [4.78, 5) is 11.1. The van der Waals surface area contributed by atoms with Crippen molar-refractivity contribution in [3.8, 4) is 0 Å². The number of rotatable bonds is 6. The zero-order valence-corrected chi connectivity index (χ0v) is 9.82. The zero-order chi connectivity index (χ0) is 10.3. The van der Waals surface area contributed by atoms with Crippen molar-refractivity contribution in [2.45, 2.75) is 39.4 Å². The van der Waals surface area contributed by atoms with E-state index in [1.165, 1.54) is 0 Å². The molecular formula is C10H20O2S. The highest BCUT2D eigenvalue weighted by Crippen LogP contribution is 2.17. The van der Waals surface area contributed by atoms with Gasteiger partial charge in [-0.1, -0.05) is 20.8 Å². The van der Waals surface area contributed by atoms with Crippen LogP contribution in [0.1, 0.15) is 34.1 Å². The van der Waals surface area contributed by atoms with Crippen LogP contribution in [0.3, 0.4) is 0 Å². The van der Waals surface area contributed by atoms with Gasteiger partial charge in [-0.2, -0.15) is 11.8 Å². The fourth-order valence-corrected chi connectivity index (χ4v) is 1.84. The van der Waals surface area contributed by atoms with Crippen LogP contribution in [0.25, 0.3) is 0 Å². The molecule has 0 saturated carbocycles. The molecule has 0 rings (SSSR count). The van der Waals surface area contributed by atoms with Gasteiger partial charge in [-0.15, -0.1) is 0 Å². The molecule has 0 amide bonds. The molecule has 0 aliphatic heterocycles. The Morgan fingerprint density at radius 1 is 1.38 bits per heavy atom. The number of hydrogen-bond donors (Lipinski definition) is 0. The molecule has 13 heavy (non-hydrogen) atoms. The molecular weight excluding hydrogens is 184 g/mol. The highest BCUT2D eigenvalue weighted by atomic mass is 32.2. The Kier molecular flexibility index (Phi) is 7.14. The van der Waals surface area contributed by atoms with Gasteiger partial charge in [0.1, 0.15) is 0 Å². The zero-order valence-electron chi connectivity index (χ0n) is 9.00. The normalized spacial score (nSPS) is 13.0. The van der Waals surface area contributed by atoms with E-state index in [9.17, 15) is 4.79 Å². The number of esters is 1. The molecule has 0 heterocycles. The number of ether oxygens (including phenoxy) is 1. The summed E-state index contributed by atoms with van der Waals surface area (Å²) in [6.45, 7) is 8.77. The first-order chi connectivity index (χ1) is 6.06. The third-order valence-electron chi connectivity index (χ3n) is 1.47. The predicted molar refractivity (Wildman–Crippen MR) is 58.0 cm³/mol. The standard InChI is InChI=1S/C10H20O2S/c1-5-12-10(11)6-9(4)13-7-8(2)3/h8-9H,5-7H2,1-4H3. The molecule has 1 atom stereocenters. The van der Waals surface area contributed by atoms with Gasteiger partial charge in [-0.3, -0.25) is 4.79 Å². The lowest BCUT2D eigenvalue weighted by molar-refractivity contribution is -0.142. The fourth-order valence-electron chi connectivity index (χ4n) is 0.870. The fraction of sp³-hybridized carbons (Fsp3) is 0.900. The van der Waals surface area contributed by atoms with Gasteiger partial charge in [0, 0.05) is 5.25 Å². The third-order valence-corrected chi connectivity index (χ3v) is 3.07. The average molecular weight is 204 g/mol. The molecule has 0 fully saturated rings. The monoisotopic (exact) mass is 204 g/mol. The highest BCUT2D eigenvalue weighted by Gasteiger charge is 2.10. The Bertz CT molecular complexity index is 146. The summed E-state index contributed by atoms with van der Waals surface area (Å²) < 4.78 is 4.87. The lowest BCUT2D eigenvalue weighted by Crippen LogP contribution is -2.11. The van der Waals surface area contributed by atoms with E-state index < -0.39 is 0 Å². The van der Waals surface area contributed by atoms with Crippen molar-refractivity contribution in [3.05, 3.63) is 0 Å². The third kappa shape index (κ3) is 8.16. The van der Waals surface area contributed by atoms with Gasteiger partial charge in [0.05, 0.1) is 13.0 Å². The first-order valence-corrected chi connectivity index (χ1v) is 5.88. The molecule has 78 valence electrons. The van der Waals surface area contributed by atoms with Crippen LogP contribution >= 0.6 is 11.8 Å². The van der Waals surface area contributed by atoms with Crippen LogP contribution in [-0.4, -0.2) is 23.6 Å². The van der Waals surface area contributed by atoms with Gasteiger partial charge < -0.3 is 4.74 Å². The molecule has 0 bridgehead atoms. The van der Waals surface area contributed by atoms with Crippen molar-refractivity contribution < 1.29 is 9.53 Å². The maximum Gasteiger partial charge on any atom is 0.306 e.